The van der Waals surface area contributed by atoms with E-state index in [1.54, 1.807) is 38.0 Å². The molecule has 0 radical (unpaired) electrons. The van der Waals surface area contributed by atoms with E-state index in [1.807, 2.05) is 19.1 Å². The number of anilines is 1. The van der Waals surface area contributed by atoms with Gasteiger partial charge in [0, 0.05) is 13.7 Å². The molecular weight excluding hydrogens is 336 g/mol. The molecule has 0 bridgehead atoms. The SMILES string of the molecule is COCCn1nc(C)c(NC(=O)C(=O)NCc2ccc(OC)cc2)c1C. The molecule has 0 aliphatic heterocycles. The Kier molecular flexibility index (Phi) is 6.74. The molecule has 0 saturated heterocycles. The summed E-state index contributed by atoms with van der Waals surface area (Å²) in [5.74, 6) is -0.700. The second-order valence-electron chi connectivity index (χ2n) is 5.75. The smallest absolute Gasteiger partial charge is 0.313 e. The van der Waals surface area contributed by atoms with E-state index in [0.717, 1.165) is 17.0 Å². The molecule has 26 heavy (non-hydrogen) atoms. The summed E-state index contributed by atoms with van der Waals surface area (Å²) in [7, 11) is 3.20. The van der Waals surface area contributed by atoms with Crippen LogP contribution in [-0.4, -0.2) is 42.4 Å². The zero-order valence-electron chi connectivity index (χ0n) is 15.5. The summed E-state index contributed by atoms with van der Waals surface area (Å²) in [5, 5.41) is 9.58. The maximum atomic E-state index is 12.2. The molecule has 1 heterocycles. The summed E-state index contributed by atoms with van der Waals surface area (Å²) in [6, 6.07) is 7.24. The molecule has 2 rings (SSSR count). The van der Waals surface area contributed by atoms with Gasteiger partial charge >= 0.3 is 11.8 Å². The van der Waals surface area contributed by atoms with E-state index < -0.39 is 11.8 Å². The fourth-order valence-corrected chi connectivity index (χ4v) is 2.45. The lowest BCUT2D eigenvalue weighted by Crippen LogP contribution is -2.35. The minimum absolute atomic E-state index is 0.251. The first kappa shape index (κ1) is 19.5. The van der Waals surface area contributed by atoms with Crippen LogP contribution < -0.4 is 15.4 Å². The molecule has 1 aromatic heterocycles. The van der Waals surface area contributed by atoms with Crippen LogP contribution in [0.2, 0.25) is 0 Å². The third-order valence-corrected chi connectivity index (χ3v) is 3.95. The Labute approximate surface area is 152 Å². The lowest BCUT2D eigenvalue weighted by Gasteiger charge is -2.08. The van der Waals surface area contributed by atoms with Gasteiger partial charge in [0.25, 0.3) is 0 Å². The zero-order chi connectivity index (χ0) is 19.1. The number of hydrogen-bond acceptors (Lipinski definition) is 5. The number of rotatable bonds is 7. The Bertz CT molecular complexity index is 768. The maximum Gasteiger partial charge on any atom is 0.313 e. The minimum atomic E-state index is -0.726. The highest BCUT2D eigenvalue weighted by Crippen LogP contribution is 2.19. The number of carbonyl (C=O) groups is 2. The van der Waals surface area contributed by atoms with Crippen LogP contribution in [0.1, 0.15) is 17.0 Å². The van der Waals surface area contributed by atoms with Crippen molar-refractivity contribution in [1.29, 1.82) is 0 Å². The van der Waals surface area contributed by atoms with Gasteiger partial charge in [0.1, 0.15) is 5.75 Å². The van der Waals surface area contributed by atoms with E-state index in [-0.39, 0.29) is 6.54 Å². The van der Waals surface area contributed by atoms with Gasteiger partial charge in [0.2, 0.25) is 0 Å². The molecule has 1 aromatic carbocycles. The molecule has 2 N–H and O–H groups in total. The van der Waals surface area contributed by atoms with Crippen LogP contribution in [0.25, 0.3) is 0 Å². The van der Waals surface area contributed by atoms with Gasteiger partial charge in [-0.05, 0) is 31.5 Å². The quantitative estimate of drug-likeness (QED) is 0.728. The Morgan fingerprint density at radius 3 is 2.42 bits per heavy atom. The number of aryl methyl sites for hydroxylation is 1. The number of ether oxygens (including phenoxy) is 2. The van der Waals surface area contributed by atoms with Crippen molar-refractivity contribution in [2.75, 3.05) is 26.1 Å². The third-order valence-electron chi connectivity index (χ3n) is 3.95. The molecule has 0 aliphatic carbocycles. The number of nitrogens with zero attached hydrogens (tertiary/aromatic N) is 2. The Hall–Kier alpha value is -2.87. The first-order chi connectivity index (χ1) is 12.5. The zero-order valence-corrected chi connectivity index (χ0v) is 15.5. The Balaban J connectivity index is 1.94. The van der Waals surface area contributed by atoms with Crippen LogP contribution in [0.4, 0.5) is 5.69 Å². The van der Waals surface area contributed by atoms with E-state index in [2.05, 4.69) is 15.7 Å². The molecule has 8 nitrogen and oxygen atoms in total. The topological polar surface area (TPSA) is 94.5 Å². The fourth-order valence-electron chi connectivity index (χ4n) is 2.45. The molecule has 0 unspecified atom stereocenters. The first-order valence-electron chi connectivity index (χ1n) is 8.21. The number of carbonyl (C=O) groups excluding carboxylic acids is 2. The van der Waals surface area contributed by atoms with Crippen molar-refractivity contribution in [3.05, 3.63) is 41.2 Å². The van der Waals surface area contributed by atoms with Gasteiger partial charge in [0.05, 0.1) is 37.3 Å². The molecule has 0 atom stereocenters. The lowest BCUT2D eigenvalue weighted by atomic mass is 10.2. The molecule has 140 valence electrons. The second kappa shape index (κ2) is 9.00. The number of hydrogen-bond donors (Lipinski definition) is 2. The van der Waals surface area contributed by atoms with Crippen molar-refractivity contribution in [2.45, 2.75) is 26.9 Å². The molecular formula is C18H24N4O4. The van der Waals surface area contributed by atoms with Crippen LogP contribution in [0.5, 0.6) is 5.75 Å². The van der Waals surface area contributed by atoms with Crippen LogP contribution >= 0.6 is 0 Å². The summed E-state index contributed by atoms with van der Waals surface area (Å²) in [4.78, 5) is 24.2. The predicted molar refractivity (Wildman–Crippen MR) is 97.0 cm³/mol. The molecule has 2 amide bonds. The summed E-state index contributed by atoms with van der Waals surface area (Å²) in [6.07, 6.45) is 0. The third kappa shape index (κ3) is 4.82. The summed E-state index contributed by atoms with van der Waals surface area (Å²) in [5.41, 5.74) is 2.84. The number of methoxy groups -OCH3 is 2. The van der Waals surface area contributed by atoms with Crippen LogP contribution in [-0.2, 0) is 27.4 Å². The highest BCUT2D eigenvalue weighted by atomic mass is 16.5. The first-order valence-corrected chi connectivity index (χ1v) is 8.21. The van der Waals surface area contributed by atoms with Gasteiger partial charge in [-0.2, -0.15) is 5.10 Å². The monoisotopic (exact) mass is 360 g/mol. The van der Waals surface area contributed by atoms with Crippen LogP contribution in [0.3, 0.4) is 0 Å². The minimum Gasteiger partial charge on any atom is -0.497 e. The van der Waals surface area contributed by atoms with E-state index in [9.17, 15) is 9.59 Å². The Morgan fingerprint density at radius 1 is 1.12 bits per heavy atom. The van der Waals surface area contributed by atoms with Crippen molar-refractivity contribution in [2.24, 2.45) is 0 Å². The number of benzene rings is 1. The van der Waals surface area contributed by atoms with E-state index in [1.165, 1.54) is 0 Å². The van der Waals surface area contributed by atoms with Crippen molar-refractivity contribution in [3.63, 3.8) is 0 Å². The molecule has 2 aromatic rings. The standard InChI is InChI=1S/C18H24N4O4/c1-12-16(13(2)22(21-12)9-10-25-3)20-18(24)17(23)19-11-14-5-7-15(26-4)8-6-14/h5-8H,9-11H2,1-4H3,(H,19,23)(H,20,24). The fraction of sp³-hybridized carbons (Fsp3) is 0.389. The van der Waals surface area contributed by atoms with Crippen LogP contribution in [0.15, 0.2) is 24.3 Å². The van der Waals surface area contributed by atoms with Gasteiger partial charge in [-0.25, -0.2) is 0 Å². The van der Waals surface area contributed by atoms with E-state index >= 15 is 0 Å². The second-order valence-corrected chi connectivity index (χ2v) is 5.75. The van der Waals surface area contributed by atoms with Gasteiger partial charge < -0.3 is 20.1 Å². The lowest BCUT2D eigenvalue weighted by molar-refractivity contribution is -0.136. The average molecular weight is 360 g/mol. The van der Waals surface area contributed by atoms with E-state index in [4.69, 9.17) is 9.47 Å². The average Bonchev–Trinajstić information content (AvgIpc) is 2.92. The number of aromatic nitrogens is 2. The molecule has 0 aliphatic rings. The Morgan fingerprint density at radius 2 is 1.81 bits per heavy atom. The predicted octanol–water partition coefficient (Wildman–Crippen LogP) is 1.41. The van der Waals surface area contributed by atoms with Crippen LogP contribution in [0, 0.1) is 13.8 Å². The van der Waals surface area contributed by atoms with Gasteiger partial charge in [-0.3, -0.25) is 14.3 Å². The van der Waals surface area contributed by atoms with Crippen molar-refractivity contribution in [1.82, 2.24) is 15.1 Å². The summed E-state index contributed by atoms with van der Waals surface area (Å²) < 4.78 is 11.9. The summed E-state index contributed by atoms with van der Waals surface area (Å²) in [6.45, 7) is 4.95. The summed E-state index contributed by atoms with van der Waals surface area (Å²) >= 11 is 0. The highest BCUT2D eigenvalue weighted by molar-refractivity contribution is 6.39. The molecule has 0 fully saturated rings. The van der Waals surface area contributed by atoms with Gasteiger partial charge in [-0.1, -0.05) is 12.1 Å². The molecule has 0 spiro atoms. The van der Waals surface area contributed by atoms with Crippen molar-refractivity contribution < 1.29 is 19.1 Å². The van der Waals surface area contributed by atoms with Crippen molar-refractivity contribution >= 4 is 17.5 Å². The van der Waals surface area contributed by atoms with E-state index in [0.29, 0.717) is 24.5 Å². The highest BCUT2D eigenvalue weighted by Gasteiger charge is 2.18. The van der Waals surface area contributed by atoms with Crippen molar-refractivity contribution in [3.8, 4) is 5.75 Å². The molecule has 8 heteroatoms. The van der Waals surface area contributed by atoms with Gasteiger partial charge in [0.15, 0.2) is 0 Å². The number of nitrogens with one attached hydrogen (secondary N) is 2. The normalized spacial score (nSPS) is 10.5. The molecule has 0 saturated carbocycles. The van der Waals surface area contributed by atoms with Gasteiger partial charge in [-0.15, -0.1) is 0 Å². The maximum absolute atomic E-state index is 12.2. The number of amides is 2. The largest absolute Gasteiger partial charge is 0.497 e.